The highest BCUT2D eigenvalue weighted by atomic mass is 32.2. The molecule has 0 bridgehead atoms. The van der Waals surface area contributed by atoms with Crippen LogP contribution in [0.1, 0.15) is 31.1 Å². The van der Waals surface area contributed by atoms with E-state index in [-0.39, 0.29) is 23.8 Å². The molecule has 1 heterocycles. The van der Waals surface area contributed by atoms with Crippen molar-refractivity contribution >= 4 is 27.3 Å². The molecule has 0 atom stereocenters. The molecule has 8 heteroatoms. The molecule has 3 rings (SSSR count). The average Bonchev–Trinajstić information content (AvgIpc) is 3.35. The van der Waals surface area contributed by atoms with Crippen molar-refractivity contribution in [3.63, 3.8) is 0 Å². The molecular weight excluding hydrogens is 384 g/mol. The number of carbonyl (C=O) groups is 1. The van der Waals surface area contributed by atoms with Gasteiger partial charge in [0.05, 0.1) is 18.0 Å². The molecule has 6 nitrogen and oxygen atoms in total. The number of carbonyl (C=O) groups excluding carboxylic acids is 1. The first-order valence-electron chi connectivity index (χ1n) is 9.04. The van der Waals surface area contributed by atoms with Gasteiger partial charge in [-0.25, -0.2) is 13.1 Å². The quantitative estimate of drug-likeness (QED) is 0.656. The minimum absolute atomic E-state index is 0.0136. The molecule has 0 saturated heterocycles. The maximum atomic E-state index is 12.6. The molecular formula is C19H24N2O4S2. The van der Waals surface area contributed by atoms with Crippen LogP contribution in [0.15, 0.2) is 46.7 Å². The van der Waals surface area contributed by atoms with Crippen LogP contribution in [-0.4, -0.2) is 38.4 Å². The van der Waals surface area contributed by atoms with E-state index in [1.807, 2.05) is 29.3 Å². The van der Waals surface area contributed by atoms with Crippen molar-refractivity contribution in [3.8, 4) is 5.75 Å². The predicted octanol–water partition coefficient (Wildman–Crippen LogP) is 3.01. The van der Waals surface area contributed by atoms with Crippen molar-refractivity contribution in [2.45, 2.75) is 43.7 Å². The Morgan fingerprint density at radius 3 is 2.59 bits per heavy atom. The molecule has 1 aliphatic rings. The van der Waals surface area contributed by atoms with Gasteiger partial charge in [-0.15, -0.1) is 11.3 Å². The summed E-state index contributed by atoms with van der Waals surface area (Å²) in [6, 6.07) is 10.5. The lowest BCUT2D eigenvalue weighted by molar-refractivity contribution is -0.132. The summed E-state index contributed by atoms with van der Waals surface area (Å²) >= 11 is 1.63. The smallest absolute Gasteiger partial charge is 0.240 e. The Morgan fingerprint density at radius 2 is 2.00 bits per heavy atom. The molecule has 1 aromatic heterocycles. The van der Waals surface area contributed by atoms with Crippen LogP contribution in [0.5, 0.6) is 5.75 Å². The molecule has 1 N–H and O–H groups in total. The highest BCUT2D eigenvalue weighted by Gasteiger charge is 2.32. The lowest BCUT2D eigenvalue weighted by Crippen LogP contribution is -2.35. The highest BCUT2D eigenvalue weighted by molar-refractivity contribution is 7.89. The highest BCUT2D eigenvalue weighted by Crippen LogP contribution is 2.29. The Kier molecular flexibility index (Phi) is 6.51. The second kappa shape index (κ2) is 8.86. The van der Waals surface area contributed by atoms with Gasteiger partial charge in [-0.3, -0.25) is 4.79 Å². The number of rotatable bonds is 10. The van der Waals surface area contributed by atoms with Gasteiger partial charge in [0.15, 0.2) is 0 Å². The lowest BCUT2D eigenvalue weighted by atomic mass is 10.3. The fourth-order valence-electron chi connectivity index (χ4n) is 2.78. The SMILES string of the molecule is CCOc1ccc(S(=O)(=O)NCCC(=O)N(Cc2cccs2)C2CC2)cc1. The van der Waals surface area contributed by atoms with Crippen LogP contribution in [0.2, 0.25) is 0 Å². The van der Waals surface area contributed by atoms with Crippen molar-refractivity contribution in [2.24, 2.45) is 0 Å². The Labute approximate surface area is 164 Å². The summed E-state index contributed by atoms with van der Waals surface area (Å²) < 4.78 is 32.6. The summed E-state index contributed by atoms with van der Waals surface area (Å²) in [5.41, 5.74) is 0. The fraction of sp³-hybridized carbons (Fsp3) is 0.421. The topological polar surface area (TPSA) is 75.7 Å². The van der Waals surface area contributed by atoms with Crippen LogP contribution in [0.3, 0.4) is 0 Å². The van der Waals surface area contributed by atoms with Crippen LogP contribution in [0, 0.1) is 0 Å². The molecule has 1 amide bonds. The number of nitrogens with one attached hydrogen (secondary N) is 1. The molecule has 2 aromatic rings. The van der Waals surface area contributed by atoms with E-state index in [0.29, 0.717) is 24.9 Å². The maximum Gasteiger partial charge on any atom is 0.240 e. The second-order valence-electron chi connectivity index (χ2n) is 6.38. The molecule has 0 spiro atoms. The second-order valence-corrected chi connectivity index (χ2v) is 9.18. The number of benzene rings is 1. The van der Waals surface area contributed by atoms with Crippen LogP contribution in [0.25, 0.3) is 0 Å². The summed E-state index contributed by atoms with van der Waals surface area (Å²) in [6.07, 6.45) is 2.20. The molecule has 1 aliphatic carbocycles. The fourth-order valence-corrected chi connectivity index (χ4v) is 4.51. The van der Waals surface area contributed by atoms with Gasteiger partial charge in [0, 0.05) is 23.9 Å². The molecule has 1 aromatic carbocycles. The van der Waals surface area contributed by atoms with Gasteiger partial charge >= 0.3 is 0 Å². The first kappa shape index (κ1) is 19.9. The summed E-state index contributed by atoms with van der Waals surface area (Å²) in [6.45, 7) is 3.08. The van der Waals surface area contributed by atoms with Gasteiger partial charge in [-0.1, -0.05) is 6.07 Å². The molecule has 146 valence electrons. The van der Waals surface area contributed by atoms with E-state index >= 15 is 0 Å². The number of hydrogen-bond acceptors (Lipinski definition) is 5. The van der Waals surface area contributed by atoms with E-state index in [1.54, 1.807) is 23.5 Å². The summed E-state index contributed by atoms with van der Waals surface area (Å²) in [7, 11) is -3.64. The molecule has 1 fully saturated rings. The third-order valence-electron chi connectivity index (χ3n) is 4.29. The molecule has 27 heavy (non-hydrogen) atoms. The van der Waals surface area contributed by atoms with E-state index in [2.05, 4.69) is 4.72 Å². The maximum absolute atomic E-state index is 12.6. The van der Waals surface area contributed by atoms with Gasteiger partial charge in [0.1, 0.15) is 5.75 Å². The van der Waals surface area contributed by atoms with Crippen LogP contribution in [0.4, 0.5) is 0 Å². The standard InChI is InChI=1S/C19H24N2O4S2/c1-2-25-16-7-9-18(10-8-16)27(23,24)20-12-11-19(22)21(15-5-6-15)14-17-4-3-13-26-17/h3-4,7-10,13,15,20H,2,5-6,11-12,14H2,1H3. The zero-order valence-electron chi connectivity index (χ0n) is 15.3. The van der Waals surface area contributed by atoms with E-state index < -0.39 is 10.0 Å². The summed E-state index contributed by atoms with van der Waals surface area (Å²) in [5.74, 6) is 0.612. The first-order valence-corrected chi connectivity index (χ1v) is 11.4. The van der Waals surface area contributed by atoms with Crippen molar-refractivity contribution in [1.82, 2.24) is 9.62 Å². The third-order valence-corrected chi connectivity index (χ3v) is 6.63. The number of hydrogen-bond donors (Lipinski definition) is 1. The van der Waals surface area contributed by atoms with Gasteiger partial charge in [-0.2, -0.15) is 0 Å². The summed E-state index contributed by atoms with van der Waals surface area (Å²) in [5, 5.41) is 2.00. The Bertz CT molecular complexity index is 844. The number of nitrogens with zero attached hydrogens (tertiary/aromatic N) is 1. The normalized spacial score (nSPS) is 14.1. The van der Waals surface area contributed by atoms with Crippen LogP contribution < -0.4 is 9.46 Å². The zero-order valence-corrected chi connectivity index (χ0v) is 16.9. The van der Waals surface area contributed by atoms with Gasteiger partial charge < -0.3 is 9.64 Å². The van der Waals surface area contributed by atoms with Gasteiger partial charge in [0.2, 0.25) is 15.9 Å². The van der Waals surface area contributed by atoms with E-state index in [1.165, 1.54) is 12.1 Å². The number of ether oxygens (including phenoxy) is 1. The monoisotopic (exact) mass is 408 g/mol. The van der Waals surface area contributed by atoms with Crippen molar-refractivity contribution in [2.75, 3.05) is 13.2 Å². The largest absolute Gasteiger partial charge is 0.494 e. The number of thiophene rings is 1. The Hall–Kier alpha value is -1.90. The van der Waals surface area contributed by atoms with Crippen molar-refractivity contribution < 1.29 is 17.9 Å². The zero-order chi connectivity index (χ0) is 19.3. The minimum Gasteiger partial charge on any atom is -0.494 e. The van der Waals surface area contributed by atoms with Crippen molar-refractivity contribution in [3.05, 3.63) is 46.7 Å². The number of amides is 1. The third kappa shape index (κ3) is 5.54. The average molecular weight is 409 g/mol. The van der Waals surface area contributed by atoms with E-state index in [0.717, 1.165) is 17.7 Å². The minimum atomic E-state index is -3.64. The van der Waals surface area contributed by atoms with Crippen molar-refractivity contribution in [1.29, 1.82) is 0 Å². The van der Waals surface area contributed by atoms with Crippen LogP contribution in [-0.2, 0) is 21.4 Å². The molecule has 1 saturated carbocycles. The van der Waals surface area contributed by atoms with Gasteiger partial charge in [-0.05, 0) is 55.5 Å². The Morgan fingerprint density at radius 1 is 1.26 bits per heavy atom. The molecule has 0 radical (unpaired) electrons. The van der Waals surface area contributed by atoms with E-state index in [9.17, 15) is 13.2 Å². The number of sulfonamides is 1. The van der Waals surface area contributed by atoms with Crippen LogP contribution >= 0.6 is 11.3 Å². The molecule has 0 unspecified atom stereocenters. The summed E-state index contributed by atoms with van der Waals surface area (Å²) in [4.78, 5) is 15.7. The first-order chi connectivity index (χ1) is 13.0. The molecule has 0 aliphatic heterocycles. The Balaban J connectivity index is 1.53. The van der Waals surface area contributed by atoms with Gasteiger partial charge in [0.25, 0.3) is 0 Å². The lowest BCUT2D eigenvalue weighted by Gasteiger charge is -2.22. The van der Waals surface area contributed by atoms with E-state index in [4.69, 9.17) is 4.74 Å². The predicted molar refractivity (Wildman–Crippen MR) is 105 cm³/mol.